The molecule has 1 aliphatic heterocycles. The topological polar surface area (TPSA) is 91.2 Å². The first-order valence-corrected chi connectivity index (χ1v) is 10.3. The highest BCUT2D eigenvalue weighted by molar-refractivity contribution is 6.38. The van der Waals surface area contributed by atoms with E-state index in [4.69, 9.17) is 27.6 Å². The molecule has 1 unspecified atom stereocenters. The number of carbonyl (C=O) groups excluding carboxylic acids is 1. The van der Waals surface area contributed by atoms with Crippen molar-refractivity contribution >= 4 is 62.8 Å². The second kappa shape index (κ2) is 7.68. The van der Waals surface area contributed by atoms with Crippen LogP contribution in [-0.2, 0) is 0 Å². The summed E-state index contributed by atoms with van der Waals surface area (Å²) in [6.45, 7) is 1.85. The maximum absolute atomic E-state index is 13.0. The lowest BCUT2D eigenvalue weighted by atomic mass is 10.1. The van der Waals surface area contributed by atoms with Crippen LogP contribution in [0, 0.1) is 6.92 Å². The van der Waals surface area contributed by atoms with Crippen LogP contribution in [0.5, 0.6) is 0 Å². The molecule has 1 atom stereocenters. The highest BCUT2D eigenvalue weighted by atomic mass is 35.5. The van der Waals surface area contributed by atoms with Gasteiger partial charge < -0.3 is 25.7 Å². The van der Waals surface area contributed by atoms with E-state index >= 15 is 0 Å². The van der Waals surface area contributed by atoms with Gasteiger partial charge in [0.1, 0.15) is 11.3 Å². The fourth-order valence-electron chi connectivity index (χ4n) is 3.59. The van der Waals surface area contributed by atoms with Crippen LogP contribution in [0.3, 0.4) is 0 Å². The Morgan fingerprint density at radius 2 is 1.84 bits per heavy atom. The highest BCUT2D eigenvalue weighted by Gasteiger charge is 2.28. The van der Waals surface area contributed by atoms with Gasteiger partial charge in [-0.25, -0.2) is 0 Å². The Morgan fingerprint density at radius 3 is 2.58 bits per heavy atom. The van der Waals surface area contributed by atoms with Crippen LogP contribution in [-0.4, -0.2) is 17.2 Å². The zero-order chi connectivity index (χ0) is 21.5. The number of nitrogens with zero attached hydrogens (tertiary/aromatic N) is 1. The van der Waals surface area contributed by atoms with Gasteiger partial charge in [0, 0.05) is 23.5 Å². The number of fused-ring (bicyclic) bond motifs is 3. The molecule has 156 valence electrons. The molecule has 1 amide bonds. The number of furan rings is 1. The van der Waals surface area contributed by atoms with Crippen molar-refractivity contribution in [1.82, 2.24) is 4.98 Å². The maximum atomic E-state index is 13.0. The molecule has 7 nitrogen and oxygen atoms in total. The number of nitrogens with one attached hydrogen (secondary N) is 4. The molecule has 0 radical (unpaired) electrons. The molecule has 4 aromatic rings. The Morgan fingerprint density at radius 1 is 1.10 bits per heavy atom. The number of benzene rings is 2. The summed E-state index contributed by atoms with van der Waals surface area (Å²) < 4.78 is 5.88. The van der Waals surface area contributed by atoms with Gasteiger partial charge >= 0.3 is 0 Å². The van der Waals surface area contributed by atoms with Crippen LogP contribution in [0.25, 0.3) is 11.0 Å². The van der Waals surface area contributed by atoms with E-state index in [0.29, 0.717) is 38.3 Å². The van der Waals surface area contributed by atoms with Gasteiger partial charge in [-0.15, -0.1) is 0 Å². The van der Waals surface area contributed by atoms with Gasteiger partial charge in [-0.1, -0.05) is 41.4 Å². The van der Waals surface area contributed by atoms with E-state index in [1.54, 1.807) is 6.07 Å². The summed E-state index contributed by atoms with van der Waals surface area (Å²) in [6, 6.07) is 12.9. The van der Waals surface area contributed by atoms with Crippen molar-refractivity contribution in [2.24, 2.45) is 0 Å². The first kappa shape index (κ1) is 19.5. The molecule has 9 heteroatoms. The first-order chi connectivity index (χ1) is 15.0. The monoisotopic (exact) mass is 453 g/mol. The van der Waals surface area contributed by atoms with Gasteiger partial charge in [-0.3, -0.25) is 9.78 Å². The van der Waals surface area contributed by atoms with Crippen molar-refractivity contribution in [3.63, 3.8) is 0 Å². The molecule has 3 heterocycles. The molecule has 0 saturated heterocycles. The van der Waals surface area contributed by atoms with Crippen LogP contribution >= 0.6 is 23.2 Å². The molecule has 0 spiro atoms. The number of pyridine rings is 1. The Kier molecular flexibility index (Phi) is 4.84. The number of hydrogen-bond donors (Lipinski definition) is 4. The molecular weight excluding hydrogens is 437 g/mol. The predicted molar refractivity (Wildman–Crippen MR) is 124 cm³/mol. The van der Waals surface area contributed by atoms with Gasteiger partial charge in [0.15, 0.2) is 6.29 Å². The van der Waals surface area contributed by atoms with Crippen molar-refractivity contribution in [3.8, 4) is 0 Å². The Bertz CT molecular complexity index is 1290. The number of aromatic nitrogens is 1. The summed E-state index contributed by atoms with van der Waals surface area (Å²) >= 11 is 12.5. The molecule has 0 bridgehead atoms. The molecule has 0 aliphatic carbocycles. The van der Waals surface area contributed by atoms with E-state index in [-0.39, 0.29) is 5.91 Å². The van der Waals surface area contributed by atoms with Crippen molar-refractivity contribution < 1.29 is 9.21 Å². The van der Waals surface area contributed by atoms with E-state index in [1.807, 2.05) is 43.3 Å². The van der Waals surface area contributed by atoms with Crippen LogP contribution in [0.4, 0.5) is 22.7 Å². The van der Waals surface area contributed by atoms with E-state index in [2.05, 4.69) is 26.3 Å². The van der Waals surface area contributed by atoms with Crippen molar-refractivity contribution in [1.29, 1.82) is 0 Å². The zero-order valence-corrected chi connectivity index (χ0v) is 17.8. The van der Waals surface area contributed by atoms with E-state index in [1.165, 1.54) is 12.4 Å². The molecule has 2 aromatic heterocycles. The summed E-state index contributed by atoms with van der Waals surface area (Å²) in [5.74, 6) is 0.447. The van der Waals surface area contributed by atoms with Gasteiger partial charge in [-0.05, 0) is 31.2 Å². The molecule has 0 saturated carbocycles. The Balaban J connectivity index is 1.49. The number of para-hydroxylation sites is 1. The van der Waals surface area contributed by atoms with Crippen LogP contribution < -0.4 is 21.3 Å². The lowest BCUT2D eigenvalue weighted by molar-refractivity contribution is 0.102. The third-order valence-electron chi connectivity index (χ3n) is 4.93. The summed E-state index contributed by atoms with van der Waals surface area (Å²) in [4.78, 5) is 17.0. The van der Waals surface area contributed by atoms with E-state index in [0.717, 1.165) is 16.8 Å². The number of halogens is 2. The van der Waals surface area contributed by atoms with Crippen LogP contribution in [0.2, 0.25) is 10.0 Å². The second-order valence-corrected chi connectivity index (χ2v) is 7.93. The quantitative estimate of drug-likeness (QED) is 0.306. The third kappa shape index (κ3) is 3.62. The summed E-state index contributed by atoms with van der Waals surface area (Å²) in [5.41, 5.74) is 3.78. The van der Waals surface area contributed by atoms with Crippen molar-refractivity contribution in [2.45, 2.75) is 13.2 Å². The van der Waals surface area contributed by atoms with Gasteiger partial charge in [0.25, 0.3) is 5.91 Å². The van der Waals surface area contributed by atoms with Crippen LogP contribution in [0.15, 0.2) is 59.3 Å². The zero-order valence-electron chi connectivity index (χ0n) is 16.3. The minimum Gasteiger partial charge on any atom is -0.460 e. The maximum Gasteiger partial charge on any atom is 0.259 e. The van der Waals surface area contributed by atoms with Crippen LogP contribution in [0.1, 0.15) is 16.1 Å². The lowest BCUT2D eigenvalue weighted by Gasteiger charge is -2.17. The van der Waals surface area contributed by atoms with Crippen molar-refractivity contribution in [3.05, 3.63) is 76.2 Å². The minimum atomic E-state index is -0.404. The normalized spacial score (nSPS) is 14.6. The Hall–Kier alpha value is -3.42. The molecule has 31 heavy (non-hydrogen) atoms. The van der Waals surface area contributed by atoms with E-state index < -0.39 is 6.29 Å². The number of hydrogen-bond acceptors (Lipinski definition) is 6. The first-order valence-electron chi connectivity index (χ1n) is 9.52. The summed E-state index contributed by atoms with van der Waals surface area (Å²) in [7, 11) is 0. The largest absolute Gasteiger partial charge is 0.460 e. The number of anilines is 4. The fourth-order valence-corrected chi connectivity index (χ4v) is 4.06. The molecule has 2 aromatic carbocycles. The number of rotatable bonds is 4. The van der Waals surface area contributed by atoms with Gasteiger partial charge in [-0.2, -0.15) is 0 Å². The lowest BCUT2D eigenvalue weighted by Crippen LogP contribution is -2.31. The number of aryl methyl sites for hydroxylation is 1. The summed E-state index contributed by atoms with van der Waals surface area (Å²) in [6.07, 6.45) is 2.63. The number of carbonyl (C=O) groups is 1. The minimum absolute atomic E-state index is 0.258. The predicted octanol–water partition coefficient (Wildman–Crippen LogP) is 5.93. The summed E-state index contributed by atoms with van der Waals surface area (Å²) in [5, 5.41) is 14.4. The number of amides is 1. The second-order valence-electron chi connectivity index (χ2n) is 7.11. The molecule has 4 N–H and O–H groups in total. The standard InChI is InChI=1S/C22H17Cl2N5O2/c1-11-7-13-18-17(27-22(28-18)29-19-15(23)9-25-10-16(19)24)8-14(20(13)31-11)21(30)26-12-5-3-2-4-6-12/h2-10,22,27-28H,1H3,(H,25,29)(H,26,30). The smallest absolute Gasteiger partial charge is 0.259 e. The SMILES string of the molecule is Cc1cc2c3c(cc(C(=O)Nc4ccccc4)c2o1)NC(Nc1c(Cl)cncc1Cl)N3. The third-order valence-corrected chi connectivity index (χ3v) is 5.51. The molecule has 0 fully saturated rings. The van der Waals surface area contributed by atoms with Gasteiger partial charge in [0.2, 0.25) is 0 Å². The average molecular weight is 454 g/mol. The van der Waals surface area contributed by atoms with Crippen molar-refractivity contribution in [2.75, 3.05) is 21.3 Å². The van der Waals surface area contributed by atoms with Gasteiger partial charge in [0.05, 0.1) is 32.7 Å². The highest BCUT2D eigenvalue weighted by Crippen LogP contribution is 2.41. The average Bonchev–Trinajstić information content (AvgIpc) is 3.33. The molecule has 5 rings (SSSR count). The van der Waals surface area contributed by atoms with E-state index in [9.17, 15) is 4.79 Å². The fraction of sp³-hybridized carbons (Fsp3) is 0.0909. The molecule has 1 aliphatic rings. The molecular formula is C22H17Cl2N5O2. The Labute approximate surface area is 187 Å².